The second-order valence-corrected chi connectivity index (χ2v) is 6.02. The molecule has 1 rings (SSSR count). The van der Waals surface area contributed by atoms with Gasteiger partial charge >= 0.3 is 5.97 Å². The Labute approximate surface area is 106 Å². The summed E-state index contributed by atoms with van der Waals surface area (Å²) in [5.74, 6) is -0.736. The van der Waals surface area contributed by atoms with Crippen LogP contribution in [0.4, 0.5) is 0 Å². The molecule has 0 atom stereocenters. The molecule has 0 fully saturated rings. The van der Waals surface area contributed by atoms with Crippen LogP contribution in [0.5, 0.6) is 0 Å². The molecule has 0 aliphatic rings. The van der Waals surface area contributed by atoms with Gasteiger partial charge in [-0.2, -0.15) is 0 Å². The van der Waals surface area contributed by atoms with Crippen LogP contribution < -0.4 is 0 Å². The Morgan fingerprint density at radius 2 is 1.88 bits per heavy atom. The molecule has 4 nitrogen and oxygen atoms in total. The summed E-state index contributed by atoms with van der Waals surface area (Å²) < 4.78 is 26.7. The van der Waals surface area contributed by atoms with E-state index in [0.717, 1.165) is 13.2 Å². The van der Waals surface area contributed by atoms with Crippen molar-refractivity contribution >= 4 is 48.9 Å². The first kappa shape index (κ1) is 13.6. The predicted octanol–water partition coefficient (Wildman–Crippen LogP) is 2.71. The third kappa shape index (κ3) is 2.79. The topological polar surface area (TPSA) is 60.4 Å². The molecular weight excluding hydrogens is 299 g/mol. The molecule has 0 amide bonds. The highest BCUT2D eigenvalue weighted by molar-refractivity contribution is 8.13. The standard InChI is InChI=1S/C8H5Cl3O4S/c1-15-8(12)4-2-5(9)7(10)6(3-4)16(11,13)14/h2-3H,1H3. The molecule has 16 heavy (non-hydrogen) atoms. The Balaban J connectivity index is 3.52. The lowest BCUT2D eigenvalue weighted by Crippen LogP contribution is -2.03. The fourth-order valence-electron chi connectivity index (χ4n) is 0.977. The molecule has 0 unspecified atom stereocenters. The number of hydrogen-bond acceptors (Lipinski definition) is 4. The number of rotatable bonds is 2. The SMILES string of the molecule is COC(=O)c1cc(Cl)c(Cl)c(S(=O)(=O)Cl)c1. The number of benzene rings is 1. The van der Waals surface area contributed by atoms with Crippen LogP contribution in [-0.4, -0.2) is 21.5 Å². The van der Waals surface area contributed by atoms with Crippen molar-refractivity contribution in [2.24, 2.45) is 0 Å². The number of esters is 1. The Hall–Kier alpha value is -0.490. The molecule has 88 valence electrons. The second-order valence-electron chi connectivity index (χ2n) is 2.70. The van der Waals surface area contributed by atoms with Gasteiger partial charge in [-0.1, -0.05) is 23.2 Å². The quantitative estimate of drug-likeness (QED) is 0.622. The zero-order valence-corrected chi connectivity index (χ0v) is 10.9. The third-order valence-corrected chi connectivity index (χ3v) is 3.94. The van der Waals surface area contributed by atoms with Crippen LogP contribution in [0.25, 0.3) is 0 Å². The summed E-state index contributed by atoms with van der Waals surface area (Å²) in [5, 5.41) is -0.326. The Bertz CT molecular complexity index is 538. The third-order valence-electron chi connectivity index (χ3n) is 1.68. The second kappa shape index (κ2) is 4.79. The van der Waals surface area contributed by atoms with Gasteiger partial charge in [0.2, 0.25) is 0 Å². The van der Waals surface area contributed by atoms with Gasteiger partial charge in [0.15, 0.2) is 0 Å². The summed E-state index contributed by atoms with van der Waals surface area (Å²) in [6, 6.07) is 2.20. The number of hydrogen-bond donors (Lipinski definition) is 0. The van der Waals surface area contributed by atoms with Gasteiger partial charge in [-0.3, -0.25) is 0 Å². The minimum atomic E-state index is -4.07. The molecule has 0 spiro atoms. The maximum absolute atomic E-state index is 11.2. The van der Waals surface area contributed by atoms with Gasteiger partial charge in [-0.25, -0.2) is 13.2 Å². The van der Waals surface area contributed by atoms with Crippen molar-refractivity contribution in [1.82, 2.24) is 0 Å². The van der Waals surface area contributed by atoms with Crippen molar-refractivity contribution in [2.75, 3.05) is 7.11 Å². The average Bonchev–Trinajstić information content (AvgIpc) is 2.18. The van der Waals surface area contributed by atoms with E-state index in [2.05, 4.69) is 4.74 Å². The fourth-order valence-corrected chi connectivity index (χ4v) is 2.74. The minimum absolute atomic E-state index is 0.0453. The van der Waals surface area contributed by atoms with Crippen molar-refractivity contribution in [2.45, 2.75) is 4.90 Å². The van der Waals surface area contributed by atoms with E-state index in [9.17, 15) is 13.2 Å². The van der Waals surface area contributed by atoms with Crippen LogP contribution in [0.3, 0.4) is 0 Å². The first-order chi connectivity index (χ1) is 7.27. The van der Waals surface area contributed by atoms with Crippen LogP contribution in [0, 0.1) is 0 Å². The molecule has 8 heteroatoms. The first-order valence-corrected chi connectivity index (χ1v) is 6.86. The summed E-state index contributed by atoms with van der Waals surface area (Å²) in [4.78, 5) is 10.8. The van der Waals surface area contributed by atoms with Crippen LogP contribution in [0.2, 0.25) is 10.0 Å². The molecule has 0 aliphatic carbocycles. The van der Waals surface area contributed by atoms with Crippen LogP contribution >= 0.6 is 33.9 Å². The molecule has 0 saturated carbocycles. The van der Waals surface area contributed by atoms with E-state index in [0.29, 0.717) is 0 Å². The fraction of sp³-hybridized carbons (Fsp3) is 0.125. The Morgan fingerprint density at radius 3 is 2.31 bits per heavy atom. The van der Waals surface area contributed by atoms with E-state index in [1.807, 2.05) is 0 Å². The van der Waals surface area contributed by atoms with E-state index in [1.165, 1.54) is 6.07 Å². The first-order valence-electron chi connectivity index (χ1n) is 3.79. The zero-order valence-electron chi connectivity index (χ0n) is 7.83. The average molecular weight is 304 g/mol. The van der Waals surface area contributed by atoms with Gasteiger partial charge in [0, 0.05) is 10.7 Å². The molecule has 1 aromatic carbocycles. The van der Waals surface area contributed by atoms with E-state index in [4.69, 9.17) is 33.9 Å². The van der Waals surface area contributed by atoms with Gasteiger partial charge < -0.3 is 4.74 Å². The van der Waals surface area contributed by atoms with E-state index in [-0.39, 0.29) is 15.6 Å². The Morgan fingerprint density at radius 1 is 1.31 bits per heavy atom. The number of carbonyl (C=O) groups excluding carboxylic acids is 1. The predicted molar refractivity (Wildman–Crippen MR) is 60.8 cm³/mol. The molecule has 0 aromatic heterocycles. The lowest BCUT2D eigenvalue weighted by Gasteiger charge is -2.05. The molecule has 0 heterocycles. The molecular formula is C8H5Cl3O4S. The van der Waals surface area contributed by atoms with E-state index < -0.39 is 19.9 Å². The lowest BCUT2D eigenvalue weighted by atomic mass is 10.2. The summed E-state index contributed by atoms with van der Waals surface area (Å²) in [5.41, 5.74) is -0.0453. The van der Waals surface area contributed by atoms with Gasteiger partial charge in [0.1, 0.15) is 4.90 Å². The largest absolute Gasteiger partial charge is 0.465 e. The zero-order chi connectivity index (χ0) is 12.5. The molecule has 0 aliphatic heterocycles. The van der Waals surface area contributed by atoms with E-state index in [1.54, 1.807) is 0 Å². The van der Waals surface area contributed by atoms with Gasteiger partial charge in [0.05, 0.1) is 22.7 Å². The lowest BCUT2D eigenvalue weighted by molar-refractivity contribution is 0.0600. The minimum Gasteiger partial charge on any atom is -0.465 e. The molecule has 1 aromatic rings. The molecule has 0 N–H and O–H groups in total. The number of ether oxygens (including phenoxy) is 1. The van der Waals surface area contributed by atoms with Crippen molar-refractivity contribution in [3.8, 4) is 0 Å². The van der Waals surface area contributed by atoms with Gasteiger partial charge in [-0.15, -0.1) is 0 Å². The van der Waals surface area contributed by atoms with E-state index >= 15 is 0 Å². The maximum Gasteiger partial charge on any atom is 0.337 e. The summed E-state index contributed by atoms with van der Waals surface area (Å²) in [6.07, 6.45) is 0. The Kier molecular flexibility index (Phi) is 4.07. The van der Waals surface area contributed by atoms with Crippen molar-refractivity contribution in [3.05, 3.63) is 27.7 Å². The summed E-state index contributed by atoms with van der Waals surface area (Å²) in [6.45, 7) is 0. The normalized spacial score (nSPS) is 11.2. The highest BCUT2D eigenvalue weighted by Gasteiger charge is 2.20. The highest BCUT2D eigenvalue weighted by atomic mass is 35.7. The van der Waals surface area contributed by atoms with Crippen molar-refractivity contribution in [3.63, 3.8) is 0 Å². The number of carbonyl (C=O) groups is 1. The van der Waals surface area contributed by atoms with Crippen LogP contribution in [0.1, 0.15) is 10.4 Å². The van der Waals surface area contributed by atoms with Crippen molar-refractivity contribution < 1.29 is 17.9 Å². The number of methoxy groups -OCH3 is 1. The van der Waals surface area contributed by atoms with Gasteiger partial charge in [0.25, 0.3) is 9.05 Å². The molecule has 0 radical (unpaired) electrons. The monoisotopic (exact) mass is 302 g/mol. The molecule has 0 bridgehead atoms. The smallest absolute Gasteiger partial charge is 0.337 e. The molecule has 0 saturated heterocycles. The highest BCUT2D eigenvalue weighted by Crippen LogP contribution is 2.32. The number of halogens is 3. The van der Waals surface area contributed by atoms with Gasteiger partial charge in [-0.05, 0) is 12.1 Å². The maximum atomic E-state index is 11.2. The van der Waals surface area contributed by atoms with Crippen LogP contribution in [0.15, 0.2) is 17.0 Å². The summed E-state index contributed by atoms with van der Waals surface area (Å²) in [7, 11) is 2.21. The van der Waals surface area contributed by atoms with Crippen molar-refractivity contribution in [1.29, 1.82) is 0 Å². The summed E-state index contributed by atoms with van der Waals surface area (Å²) >= 11 is 11.3. The van der Waals surface area contributed by atoms with Crippen LogP contribution in [-0.2, 0) is 13.8 Å².